The minimum Gasteiger partial charge on any atom is -0.369 e. The maximum Gasteiger partial charge on any atom is 0.324 e. The van der Waals surface area contributed by atoms with Gasteiger partial charge in [-0.3, -0.25) is 10.1 Å². The van der Waals surface area contributed by atoms with Crippen LogP contribution in [0.15, 0.2) is 72.9 Å². The number of amides is 3. The van der Waals surface area contributed by atoms with Gasteiger partial charge in [-0.15, -0.1) is 0 Å². The lowest BCUT2D eigenvalue weighted by Crippen LogP contribution is -2.36. The fraction of sp³-hybridized carbons (Fsp3) is 0.240. The van der Waals surface area contributed by atoms with E-state index in [2.05, 4.69) is 25.8 Å². The van der Waals surface area contributed by atoms with Crippen LogP contribution in [0.1, 0.15) is 19.8 Å². The lowest BCUT2D eigenvalue weighted by atomic mass is 10.1. The summed E-state index contributed by atoms with van der Waals surface area (Å²) in [6.45, 7) is 3.55. The Labute approximate surface area is 187 Å². The molecule has 1 aliphatic heterocycles. The molecule has 0 saturated carbocycles. The van der Waals surface area contributed by atoms with Crippen LogP contribution >= 0.6 is 0 Å². The van der Waals surface area contributed by atoms with Gasteiger partial charge in [0.1, 0.15) is 5.82 Å². The van der Waals surface area contributed by atoms with Crippen LogP contribution in [-0.2, 0) is 4.79 Å². The van der Waals surface area contributed by atoms with Gasteiger partial charge in [0.05, 0.1) is 0 Å². The van der Waals surface area contributed by atoms with Gasteiger partial charge in [0.15, 0.2) is 0 Å². The molecule has 2 heterocycles. The Morgan fingerprint density at radius 3 is 2.44 bits per heavy atom. The zero-order valence-corrected chi connectivity index (χ0v) is 18.0. The molecule has 0 radical (unpaired) electrons. The number of hydrogen-bond donors (Lipinski definition) is 3. The molecule has 164 valence electrons. The van der Waals surface area contributed by atoms with Crippen molar-refractivity contribution in [3.05, 3.63) is 72.9 Å². The minimum absolute atomic E-state index is 0.0894. The van der Waals surface area contributed by atoms with Gasteiger partial charge >= 0.3 is 6.03 Å². The number of aromatic nitrogens is 1. The number of nitrogens with zero attached hydrogens (tertiary/aromatic N) is 2. The number of carbonyl (C=O) groups is 2. The van der Waals surface area contributed by atoms with Crippen molar-refractivity contribution in [2.24, 2.45) is 0 Å². The van der Waals surface area contributed by atoms with Crippen molar-refractivity contribution in [2.75, 3.05) is 28.6 Å². The molecule has 0 bridgehead atoms. The summed E-state index contributed by atoms with van der Waals surface area (Å²) in [5.74, 6) is 0.572. The van der Waals surface area contributed by atoms with Crippen LogP contribution in [0, 0.1) is 0 Å². The lowest BCUT2D eigenvalue weighted by molar-refractivity contribution is -0.121. The molecule has 7 heteroatoms. The Morgan fingerprint density at radius 2 is 1.75 bits per heavy atom. The van der Waals surface area contributed by atoms with E-state index in [9.17, 15) is 9.59 Å². The standard InChI is InChI=1S/C25H27N5O2/c1-2-24(31)27-21-14-15-30(17-21)22-11-9-20(10-12-22)28-25(32)29-23-13-8-19(16-26-23)18-6-4-3-5-7-18/h3-13,16,21H,2,14-15,17H2,1H3,(H,27,31)(H2,26,28,29,32). The summed E-state index contributed by atoms with van der Waals surface area (Å²) in [5, 5.41) is 8.64. The monoisotopic (exact) mass is 429 g/mol. The normalized spacial score (nSPS) is 15.3. The number of rotatable bonds is 6. The highest BCUT2D eigenvalue weighted by Crippen LogP contribution is 2.23. The molecule has 0 spiro atoms. The molecule has 2 aromatic carbocycles. The smallest absolute Gasteiger partial charge is 0.324 e. The number of benzene rings is 2. The Kier molecular flexibility index (Phi) is 6.65. The Bertz CT molecular complexity index is 1050. The fourth-order valence-corrected chi connectivity index (χ4v) is 3.75. The Hall–Kier alpha value is -3.87. The molecule has 7 nitrogen and oxygen atoms in total. The van der Waals surface area contributed by atoms with Gasteiger partial charge < -0.3 is 15.5 Å². The average Bonchev–Trinajstić information content (AvgIpc) is 3.29. The summed E-state index contributed by atoms with van der Waals surface area (Å²) in [5.41, 5.74) is 3.84. The molecule has 3 N–H and O–H groups in total. The number of pyridine rings is 1. The van der Waals surface area contributed by atoms with E-state index in [1.165, 1.54) is 0 Å². The molecule has 1 unspecified atom stereocenters. The van der Waals surface area contributed by atoms with Gasteiger partial charge in [-0.25, -0.2) is 9.78 Å². The van der Waals surface area contributed by atoms with E-state index in [0.29, 0.717) is 17.9 Å². The highest BCUT2D eigenvalue weighted by atomic mass is 16.2. The van der Waals surface area contributed by atoms with Crippen LogP contribution in [0.5, 0.6) is 0 Å². The van der Waals surface area contributed by atoms with Crippen molar-refractivity contribution in [1.82, 2.24) is 10.3 Å². The van der Waals surface area contributed by atoms with E-state index in [0.717, 1.165) is 36.3 Å². The summed E-state index contributed by atoms with van der Waals surface area (Å²) in [6, 6.07) is 21.2. The summed E-state index contributed by atoms with van der Waals surface area (Å²) in [4.78, 5) is 30.5. The second-order valence-electron chi connectivity index (χ2n) is 7.78. The van der Waals surface area contributed by atoms with Gasteiger partial charge in [0.25, 0.3) is 0 Å². The van der Waals surface area contributed by atoms with Gasteiger partial charge in [0, 0.05) is 48.7 Å². The van der Waals surface area contributed by atoms with Crippen LogP contribution in [0.3, 0.4) is 0 Å². The molecule has 1 atom stereocenters. The maximum atomic E-state index is 12.3. The van der Waals surface area contributed by atoms with E-state index in [-0.39, 0.29) is 18.0 Å². The van der Waals surface area contributed by atoms with E-state index in [1.807, 2.05) is 67.6 Å². The first-order chi connectivity index (χ1) is 15.6. The summed E-state index contributed by atoms with van der Waals surface area (Å²) < 4.78 is 0. The van der Waals surface area contributed by atoms with Crippen LogP contribution < -0.4 is 20.9 Å². The SMILES string of the molecule is CCC(=O)NC1CCN(c2ccc(NC(=O)Nc3ccc(-c4ccccc4)cn3)cc2)C1. The van der Waals surface area contributed by atoms with E-state index < -0.39 is 0 Å². The molecular formula is C25H27N5O2. The Morgan fingerprint density at radius 1 is 0.969 bits per heavy atom. The second-order valence-corrected chi connectivity index (χ2v) is 7.78. The van der Waals surface area contributed by atoms with Crippen molar-refractivity contribution in [2.45, 2.75) is 25.8 Å². The van der Waals surface area contributed by atoms with Crippen molar-refractivity contribution in [3.63, 3.8) is 0 Å². The first-order valence-corrected chi connectivity index (χ1v) is 10.8. The van der Waals surface area contributed by atoms with E-state index >= 15 is 0 Å². The molecular weight excluding hydrogens is 402 g/mol. The number of hydrogen-bond acceptors (Lipinski definition) is 4. The third kappa shape index (κ3) is 5.43. The van der Waals surface area contributed by atoms with E-state index in [1.54, 1.807) is 12.3 Å². The van der Waals surface area contributed by atoms with Crippen LogP contribution in [0.2, 0.25) is 0 Å². The molecule has 1 fully saturated rings. The number of anilines is 3. The molecule has 4 rings (SSSR count). The minimum atomic E-state index is -0.346. The van der Waals surface area contributed by atoms with E-state index in [4.69, 9.17) is 0 Å². The van der Waals surface area contributed by atoms with Gasteiger partial charge in [-0.1, -0.05) is 37.3 Å². The third-order valence-corrected chi connectivity index (χ3v) is 5.48. The van der Waals surface area contributed by atoms with Crippen LogP contribution in [0.25, 0.3) is 11.1 Å². The predicted molar refractivity (Wildman–Crippen MR) is 128 cm³/mol. The number of urea groups is 1. The van der Waals surface area contributed by atoms with Crippen molar-refractivity contribution in [3.8, 4) is 11.1 Å². The molecule has 1 saturated heterocycles. The summed E-state index contributed by atoms with van der Waals surface area (Å²) in [7, 11) is 0. The Balaban J connectivity index is 1.29. The second kappa shape index (κ2) is 9.96. The van der Waals surface area contributed by atoms with Crippen LogP contribution in [-0.4, -0.2) is 36.1 Å². The molecule has 0 aliphatic carbocycles. The van der Waals surface area contributed by atoms with Gasteiger partial charge in [-0.2, -0.15) is 0 Å². The molecule has 1 aromatic heterocycles. The molecule has 3 amide bonds. The zero-order chi connectivity index (χ0) is 22.3. The predicted octanol–water partition coefficient (Wildman–Crippen LogP) is 4.50. The highest BCUT2D eigenvalue weighted by molar-refractivity contribution is 5.99. The maximum absolute atomic E-state index is 12.3. The zero-order valence-electron chi connectivity index (χ0n) is 18.0. The topological polar surface area (TPSA) is 86.4 Å². The first-order valence-electron chi connectivity index (χ1n) is 10.8. The molecule has 1 aliphatic rings. The van der Waals surface area contributed by atoms with Crippen molar-refractivity contribution >= 4 is 29.1 Å². The highest BCUT2D eigenvalue weighted by Gasteiger charge is 2.23. The van der Waals surface area contributed by atoms with Crippen molar-refractivity contribution in [1.29, 1.82) is 0 Å². The number of nitrogens with one attached hydrogen (secondary N) is 3. The lowest BCUT2D eigenvalue weighted by Gasteiger charge is -2.19. The molecule has 32 heavy (non-hydrogen) atoms. The van der Waals surface area contributed by atoms with Gasteiger partial charge in [0.2, 0.25) is 5.91 Å². The molecule has 3 aromatic rings. The average molecular weight is 430 g/mol. The quantitative estimate of drug-likeness (QED) is 0.539. The number of carbonyl (C=O) groups excluding carboxylic acids is 2. The third-order valence-electron chi connectivity index (χ3n) is 5.48. The summed E-state index contributed by atoms with van der Waals surface area (Å²) >= 11 is 0. The van der Waals surface area contributed by atoms with Crippen molar-refractivity contribution < 1.29 is 9.59 Å². The largest absolute Gasteiger partial charge is 0.369 e. The van der Waals surface area contributed by atoms with Crippen LogP contribution in [0.4, 0.5) is 22.0 Å². The summed E-state index contributed by atoms with van der Waals surface area (Å²) in [6.07, 6.45) is 3.18. The van der Waals surface area contributed by atoms with Gasteiger partial charge in [-0.05, 0) is 48.4 Å². The first kappa shape index (κ1) is 21.4. The fourth-order valence-electron chi connectivity index (χ4n) is 3.75.